The fraction of sp³-hybridized carbons (Fsp3) is 0.500. The summed E-state index contributed by atoms with van der Waals surface area (Å²) in [5.41, 5.74) is 3.26. The molecule has 1 aromatic carbocycles. The molecule has 4 N–H and O–H groups in total. The molecule has 166 valence electrons. The molecule has 0 spiro atoms. The predicted molar refractivity (Wildman–Crippen MR) is 117 cm³/mol. The summed E-state index contributed by atoms with van der Waals surface area (Å²) in [6.07, 6.45) is -3.22. The van der Waals surface area contributed by atoms with E-state index in [1.165, 1.54) is 0 Å². The number of ether oxygens (including phenoxy) is 1. The number of aliphatic hydroxyl groups excluding tert-OH is 4. The summed E-state index contributed by atoms with van der Waals surface area (Å²) in [7, 11) is 0. The maximum Gasteiger partial charge on any atom is 0.163 e. The Hall–Kier alpha value is -1.57. The van der Waals surface area contributed by atoms with Crippen LogP contribution >= 0.6 is 24.2 Å². The molecule has 7 nitrogen and oxygen atoms in total. The number of rotatable bonds is 3. The molecule has 1 saturated heterocycles. The Bertz CT molecular complexity index is 942. The average molecular weight is 465 g/mol. The lowest BCUT2D eigenvalue weighted by Gasteiger charge is -2.49. The van der Waals surface area contributed by atoms with E-state index in [9.17, 15) is 25.7 Å². The van der Waals surface area contributed by atoms with Crippen LogP contribution in [0.4, 0.5) is 0 Å². The van der Waals surface area contributed by atoms with Gasteiger partial charge in [0.05, 0.1) is 23.3 Å². The minimum absolute atomic E-state index is 0.286. The largest absolute Gasteiger partial charge is 0.394 e. The standard InChI is InChI=1S/C22H25ClN2O5S/c23-12-7-5-11(6-8-12)17-13-3-1-2-4-15(13)25(22(31)14(17)9-24)21-20(29)19(28)18(27)16(10-26)30-21/h5-8,16-21,26-29,31H,1-4,10H2. The van der Waals surface area contributed by atoms with Crippen LogP contribution in [0.5, 0.6) is 0 Å². The molecule has 4 rings (SSSR count). The third-order valence-electron chi connectivity index (χ3n) is 6.32. The van der Waals surface area contributed by atoms with Gasteiger partial charge in [0.1, 0.15) is 24.4 Å². The van der Waals surface area contributed by atoms with E-state index in [0.717, 1.165) is 36.1 Å². The zero-order chi connectivity index (χ0) is 22.3. The smallest absolute Gasteiger partial charge is 0.163 e. The fourth-order valence-corrected chi connectivity index (χ4v) is 5.31. The van der Waals surface area contributed by atoms with Crippen molar-refractivity contribution < 1.29 is 25.2 Å². The molecule has 0 amide bonds. The quantitative estimate of drug-likeness (QED) is 0.434. The third-order valence-corrected chi connectivity index (χ3v) is 7.03. The Balaban J connectivity index is 1.82. The zero-order valence-corrected chi connectivity index (χ0v) is 18.4. The molecular formula is C22H25ClN2O5S. The Labute approximate surface area is 191 Å². The number of nitriles is 1. The maximum absolute atomic E-state index is 10.7. The van der Waals surface area contributed by atoms with E-state index in [-0.39, 0.29) is 5.92 Å². The number of halogens is 1. The first kappa shape index (κ1) is 22.6. The Kier molecular flexibility index (Phi) is 6.65. The van der Waals surface area contributed by atoms with E-state index in [1.807, 2.05) is 12.1 Å². The summed E-state index contributed by atoms with van der Waals surface area (Å²) >= 11 is 10.7. The highest BCUT2D eigenvalue weighted by molar-refractivity contribution is 7.84. The van der Waals surface area contributed by atoms with Crippen molar-refractivity contribution in [1.29, 1.82) is 5.26 Å². The first-order valence-corrected chi connectivity index (χ1v) is 11.1. The summed E-state index contributed by atoms with van der Waals surface area (Å²) in [5.74, 6) is -0.286. The van der Waals surface area contributed by atoms with E-state index >= 15 is 0 Å². The summed E-state index contributed by atoms with van der Waals surface area (Å²) in [6, 6.07) is 9.65. The van der Waals surface area contributed by atoms with Crippen LogP contribution in [0.1, 0.15) is 37.2 Å². The average Bonchev–Trinajstić information content (AvgIpc) is 2.78. The topological polar surface area (TPSA) is 117 Å². The van der Waals surface area contributed by atoms with Crippen molar-refractivity contribution >= 4 is 24.2 Å². The molecule has 31 heavy (non-hydrogen) atoms. The molecule has 2 aliphatic heterocycles. The van der Waals surface area contributed by atoms with E-state index < -0.39 is 37.3 Å². The van der Waals surface area contributed by atoms with E-state index in [1.54, 1.807) is 17.0 Å². The van der Waals surface area contributed by atoms with Crippen LogP contribution in [-0.4, -0.2) is 62.6 Å². The minimum atomic E-state index is -1.51. The normalized spacial score (nSPS) is 33.9. The van der Waals surface area contributed by atoms with E-state index in [0.29, 0.717) is 22.0 Å². The van der Waals surface area contributed by atoms with Crippen molar-refractivity contribution in [3.8, 4) is 6.07 Å². The van der Waals surface area contributed by atoms with Crippen LogP contribution in [0.2, 0.25) is 5.02 Å². The Morgan fingerprint density at radius 2 is 1.77 bits per heavy atom. The van der Waals surface area contributed by atoms with Crippen molar-refractivity contribution in [1.82, 2.24) is 4.90 Å². The van der Waals surface area contributed by atoms with Gasteiger partial charge in [0, 0.05) is 16.6 Å². The lowest BCUT2D eigenvalue weighted by molar-refractivity contribution is -0.255. The Morgan fingerprint density at radius 3 is 2.42 bits per heavy atom. The lowest BCUT2D eigenvalue weighted by atomic mass is 9.76. The summed E-state index contributed by atoms with van der Waals surface area (Å²) in [6.45, 7) is -0.523. The molecular weight excluding hydrogens is 440 g/mol. The van der Waals surface area contributed by atoms with E-state index in [4.69, 9.17) is 16.3 Å². The highest BCUT2D eigenvalue weighted by atomic mass is 35.5. The number of nitrogens with zero attached hydrogens (tertiary/aromatic N) is 2. The van der Waals surface area contributed by atoms with Crippen LogP contribution in [0.25, 0.3) is 0 Å². The van der Waals surface area contributed by atoms with Gasteiger partial charge in [0.25, 0.3) is 0 Å². The van der Waals surface area contributed by atoms with Gasteiger partial charge >= 0.3 is 0 Å². The molecule has 2 heterocycles. The molecule has 0 radical (unpaired) electrons. The number of allylic oxidation sites excluding steroid dienone is 3. The molecule has 0 aromatic heterocycles. The van der Waals surface area contributed by atoms with Gasteiger partial charge in [-0.25, -0.2) is 0 Å². The predicted octanol–water partition coefficient (Wildman–Crippen LogP) is 2.03. The van der Waals surface area contributed by atoms with Gasteiger partial charge in [-0.2, -0.15) is 5.26 Å². The lowest BCUT2D eigenvalue weighted by Crippen LogP contribution is -2.63. The first-order valence-electron chi connectivity index (χ1n) is 10.3. The van der Waals surface area contributed by atoms with Gasteiger partial charge < -0.3 is 30.1 Å². The monoisotopic (exact) mass is 464 g/mol. The van der Waals surface area contributed by atoms with Gasteiger partial charge in [0.15, 0.2) is 6.23 Å². The molecule has 9 heteroatoms. The molecule has 1 fully saturated rings. The Morgan fingerprint density at radius 1 is 1.10 bits per heavy atom. The molecule has 0 bridgehead atoms. The number of thiol groups is 1. The number of hydrogen-bond donors (Lipinski definition) is 5. The highest BCUT2D eigenvalue weighted by Gasteiger charge is 2.49. The zero-order valence-electron chi connectivity index (χ0n) is 16.7. The van der Waals surface area contributed by atoms with Crippen molar-refractivity contribution in [3.05, 3.63) is 56.7 Å². The van der Waals surface area contributed by atoms with Crippen LogP contribution < -0.4 is 0 Å². The molecule has 0 saturated carbocycles. The molecule has 6 unspecified atom stereocenters. The van der Waals surface area contributed by atoms with Crippen LogP contribution in [0.3, 0.4) is 0 Å². The second-order valence-electron chi connectivity index (χ2n) is 8.10. The van der Waals surface area contributed by atoms with Crippen molar-refractivity contribution in [3.63, 3.8) is 0 Å². The summed E-state index contributed by atoms with van der Waals surface area (Å²) < 4.78 is 5.81. The molecule has 6 atom stereocenters. The van der Waals surface area contributed by atoms with Gasteiger partial charge in [-0.3, -0.25) is 0 Å². The summed E-state index contributed by atoms with van der Waals surface area (Å²) in [5, 5.41) is 51.8. The van der Waals surface area contributed by atoms with Crippen molar-refractivity contribution in [2.75, 3.05) is 6.61 Å². The third kappa shape index (κ3) is 3.89. The van der Waals surface area contributed by atoms with Gasteiger partial charge in [0.2, 0.25) is 0 Å². The van der Waals surface area contributed by atoms with E-state index in [2.05, 4.69) is 18.7 Å². The second kappa shape index (κ2) is 9.12. The first-order chi connectivity index (χ1) is 14.9. The van der Waals surface area contributed by atoms with Gasteiger partial charge in [-0.1, -0.05) is 23.7 Å². The van der Waals surface area contributed by atoms with Gasteiger partial charge in [-0.05, 0) is 49.0 Å². The maximum atomic E-state index is 10.7. The fourth-order valence-electron chi connectivity index (χ4n) is 4.77. The minimum Gasteiger partial charge on any atom is -0.394 e. The molecule has 3 aliphatic rings. The molecule has 1 aliphatic carbocycles. The van der Waals surface area contributed by atoms with Crippen LogP contribution in [0.15, 0.2) is 46.1 Å². The SMILES string of the molecule is N#CC1=C(S)N(C2OC(CO)C(O)C(O)C2O)C2=C(CCCC2)C1c1ccc(Cl)cc1. The summed E-state index contributed by atoms with van der Waals surface area (Å²) in [4.78, 5) is 1.66. The number of hydrogen-bond acceptors (Lipinski definition) is 8. The van der Waals surface area contributed by atoms with Gasteiger partial charge in [-0.15, -0.1) is 12.6 Å². The number of benzene rings is 1. The van der Waals surface area contributed by atoms with Crippen molar-refractivity contribution in [2.45, 2.75) is 62.2 Å². The van der Waals surface area contributed by atoms with Crippen molar-refractivity contribution in [2.24, 2.45) is 0 Å². The van der Waals surface area contributed by atoms with Crippen LogP contribution in [-0.2, 0) is 4.74 Å². The molecule has 1 aromatic rings. The number of aliphatic hydroxyl groups is 4. The van der Waals surface area contributed by atoms with Crippen LogP contribution in [0, 0.1) is 11.3 Å². The highest BCUT2D eigenvalue weighted by Crippen LogP contribution is 2.49. The second-order valence-corrected chi connectivity index (χ2v) is 8.96.